The average molecular weight is 293 g/mol. The van der Waals surface area contributed by atoms with Crippen molar-refractivity contribution in [2.45, 2.75) is 25.6 Å². The molecular formula is C11H14F3N3O3. The fraction of sp³-hybridized carbons (Fsp3) is 0.455. The second kappa shape index (κ2) is 7.06. The van der Waals surface area contributed by atoms with Crippen LogP contribution in [0.15, 0.2) is 18.2 Å². The molecule has 20 heavy (non-hydrogen) atoms. The quantitative estimate of drug-likeness (QED) is 0.349. The van der Waals surface area contributed by atoms with Gasteiger partial charge in [0.25, 0.3) is 5.69 Å². The highest BCUT2D eigenvalue weighted by Crippen LogP contribution is 2.23. The Bertz CT molecular complexity index is 466. The third-order valence-electron chi connectivity index (χ3n) is 2.46. The molecule has 0 saturated heterocycles. The van der Waals surface area contributed by atoms with Crippen molar-refractivity contribution in [2.75, 3.05) is 12.0 Å². The predicted octanol–water partition coefficient (Wildman–Crippen LogP) is 2.74. The molecule has 3 N–H and O–H groups in total. The fourth-order valence-corrected chi connectivity index (χ4v) is 1.51. The first-order valence-electron chi connectivity index (χ1n) is 5.72. The van der Waals surface area contributed by atoms with Gasteiger partial charge >= 0.3 is 6.18 Å². The van der Waals surface area contributed by atoms with Gasteiger partial charge in [-0.2, -0.15) is 13.2 Å². The zero-order valence-electron chi connectivity index (χ0n) is 10.4. The Morgan fingerprint density at radius 3 is 2.65 bits per heavy atom. The lowest BCUT2D eigenvalue weighted by Gasteiger charge is -2.10. The van der Waals surface area contributed by atoms with Crippen LogP contribution in [0, 0.1) is 10.1 Å². The highest BCUT2D eigenvalue weighted by molar-refractivity contribution is 5.55. The molecule has 0 radical (unpaired) electrons. The van der Waals surface area contributed by atoms with Crippen molar-refractivity contribution in [3.05, 3.63) is 33.9 Å². The molecule has 9 heteroatoms. The summed E-state index contributed by atoms with van der Waals surface area (Å²) in [6.07, 6.45) is -5.30. The van der Waals surface area contributed by atoms with Crippen LogP contribution < -0.4 is 11.3 Å². The minimum Gasteiger partial charge on any atom is -0.377 e. The maximum Gasteiger partial charge on any atom is 0.389 e. The van der Waals surface area contributed by atoms with Gasteiger partial charge in [0.05, 0.1) is 17.2 Å². The van der Waals surface area contributed by atoms with Gasteiger partial charge in [-0.3, -0.25) is 16.0 Å². The summed E-state index contributed by atoms with van der Waals surface area (Å²) in [5.74, 6) is 5.24. The van der Waals surface area contributed by atoms with Gasteiger partial charge in [0, 0.05) is 30.7 Å². The second-order valence-corrected chi connectivity index (χ2v) is 4.01. The Hall–Kier alpha value is -1.87. The van der Waals surface area contributed by atoms with Crippen LogP contribution >= 0.6 is 0 Å². The van der Waals surface area contributed by atoms with Crippen molar-refractivity contribution in [1.82, 2.24) is 0 Å². The fourth-order valence-electron chi connectivity index (χ4n) is 1.51. The van der Waals surface area contributed by atoms with Crippen molar-refractivity contribution in [2.24, 2.45) is 5.84 Å². The van der Waals surface area contributed by atoms with Gasteiger partial charge in [0.1, 0.15) is 0 Å². The van der Waals surface area contributed by atoms with Gasteiger partial charge in [-0.1, -0.05) is 0 Å². The SMILES string of the molecule is NNc1ccc([N+](=O)[O-])cc1COCCCC(F)(F)F. The summed E-state index contributed by atoms with van der Waals surface area (Å²) in [6, 6.07) is 3.94. The molecule has 0 aliphatic carbocycles. The Morgan fingerprint density at radius 1 is 1.40 bits per heavy atom. The summed E-state index contributed by atoms with van der Waals surface area (Å²) in [5, 5.41) is 10.6. The molecule has 6 nitrogen and oxygen atoms in total. The molecule has 1 aromatic rings. The van der Waals surface area contributed by atoms with Crippen molar-refractivity contribution in [1.29, 1.82) is 0 Å². The number of benzene rings is 1. The van der Waals surface area contributed by atoms with E-state index < -0.39 is 17.5 Å². The number of hydrazine groups is 1. The first-order valence-corrected chi connectivity index (χ1v) is 5.72. The zero-order chi connectivity index (χ0) is 15.2. The summed E-state index contributed by atoms with van der Waals surface area (Å²) < 4.78 is 40.8. The zero-order valence-corrected chi connectivity index (χ0v) is 10.4. The maximum absolute atomic E-state index is 11.9. The number of non-ortho nitro benzene ring substituents is 1. The van der Waals surface area contributed by atoms with E-state index in [0.717, 1.165) is 0 Å². The first-order chi connectivity index (χ1) is 9.33. The van der Waals surface area contributed by atoms with E-state index >= 15 is 0 Å². The number of ether oxygens (including phenoxy) is 1. The molecule has 0 heterocycles. The van der Waals surface area contributed by atoms with Gasteiger partial charge in [-0.15, -0.1) is 0 Å². The average Bonchev–Trinajstić information content (AvgIpc) is 2.36. The number of nitrogens with zero attached hydrogens (tertiary/aromatic N) is 1. The molecule has 0 amide bonds. The third kappa shape index (κ3) is 5.41. The maximum atomic E-state index is 11.9. The van der Waals surface area contributed by atoms with Crippen molar-refractivity contribution < 1.29 is 22.8 Å². The van der Waals surface area contributed by atoms with E-state index in [1.54, 1.807) is 0 Å². The molecule has 0 saturated carbocycles. The first kappa shape index (κ1) is 16.2. The lowest BCUT2D eigenvalue weighted by molar-refractivity contribution is -0.384. The number of nitro benzene ring substituents is 1. The summed E-state index contributed by atoms with van der Waals surface area (Å²) in [5.41, 5.74) is 3.04. The van der Waals surface area contributed by atoms with Crippen LogP contribution in [0.4, 0.5) is 24.5 Å². The lowest BCUT2D eigenvalue weighted by atomic mass is 10.1. The molecule has 112 valence electrons. The standard InChI is InChI=1S/C11H14F3N3O3/c12-11(13,14)4-1-5-20-7-8-6-9(17(18)19)2-3-10(8)16-15/h2-3,6,16H,1,4-5,7,15H2. The van der Waals surface area contributed by atoms with Gasteiger partial charge < -0.3 is 10.2 Å². The van der Waals surface area contributed by atoms with Crippen LogP contribution in [0.3, 0.4) is 0 Å². The molecule has 1 rings (SSSR count). The summed E-state index contributed by atoms with van der Waals surface area (Å²) in [6.45, 7) is -0.148. The molecule has 0 bridgehead atoms. The van der Waals surface area contributed by atoms with Crippen LogP contribution in [0.25, 0.3) is 0 Å². The monoisotopic (exact) mass is 293 g/mol. The Labute approximate surface area is 112 Å². The largest absolute Gasteiger partial charge is 0.389 e. The molecule has 0 spiro atoms. The predicted molar refractivity (Wildman–Crippen MR) is 65.9 cm³/mol. The number of nitrogens with two attached hydrogens (primary N) is 1. The van der Waals surface area contributed by atoms with E-state index in [0.29, 0.717) is 11.3 Å². The minimum atomic E-state index is -4.21. The Kier molecular flexibility index (Phi) is 5.71. The molecule has 0 aliphatic rings. The van der Waals surface area contributed by atoms with Crippen LogP contribution in [0.1, 0.15) is 18.4 Å². The van der Waals surface area contributed by atoms with Gasteiger partial charge in [-0.05, 0) is 12.5 Å². The van der Waals surface area contributed by atoms with E-state index in [1.807, 2.05) is 0 Å². The number of nitrogen functional groups attached to an aromatic ring is 1. The second-order valence-electron chi connectivity index (χ2n) is 4.01. The Balaban J connectivity index is 2.53. The van der Waals surface area contributed by atoms with Gasteiger partial charge in [0.15, 0.2) is 0 Å². The smallest absolute Gasteiger partial charge is 0.377 e. The van der Waals surface area contributed by atoms with Gasteiger partial charge in [-0.25, -0.2) is 0 Å². The minimum absolute atomic E-state index is 0.0565. The molecule has 0 aliphatic heterocycles. The number of alkyl halides is 3. The molecule has 1 aromatic carbocycles. The van der Waals surface area contributed by atoms with Crippen molar-refractivity contribution >= 4 is 11.4 Å². The normalized spacial score (nSPS) is 11.4. The molecule has 0 unspecified atom stereocenters. The topological polar surface area (TPSA) is 90.4 Å². The van der Waals surface area contributed by atoms with Crippen LogP contribution in [-0.4, -0.2) is 17.7 Å². The van der Waals surface area contributed by atoms with E-state index in [1.165, 1.54) is 18.2 Å². The van der Waals surface area contributed by atoms with E-state index in [2.05, 4.69) is 5.43 Å². The third-order valence-corrected chi connectivity index (χ3v) is 2.46. The van der Waals surface area contributed by atoms with Crippen molar-refractivity contribution in [3.63, 3.8) is 0 Å². The molecule has 0 fully saturated rings. The van der Waals surface area contributed by atoms with Crippen LogP contribution in [-0.2, 0) is 11.3 Å². The number of nitro groups is 1. The number of anilines is 1. The number of halogens is 3. The van der Waals surface area contributed by atoms with E-state index in [4.69, 9.17) is 10.6 Å². The number of rotatable bonds is 7. The van der Waals surface area contributed by atoms with Gasteiger partial charge in [0.2, 0.25) is 0 Å². The Morgan fingerprint density at radius 2 is 2.10 bits per heavy atom. The summed E-state index contributed by atoms with van der Waals surface area (Å²) in [4.78, 5) is 10.1. The molecule has 0 atom stereocenters. The number of hydrogen-bond donors (Lipinski definition) is 2. The van der Waals surface area contributed by atoms with E-state index in [-0.39, 0.29) is 25.3 Å². The van der Waals surface area contributed by atoms with E-state index in [9.17, 15) is 23.3 Å². The van der Waals surface area contributed by atoms with Crippen LogP contribution in [0.5, 0.6) is 0 Å². The highest BCUT2D eigenvalue weighted by Gasteiger charge is 2.25. The molecular weight excluding hydrogens is 279 g/mol. The molecule has 0 aromatic heterocycles. The van der Waals surface area contributed by atoms with Crippen LogP contribution in [0.2, 0.25) is 0 Å². The lowest BCUT2D eigenvalue weighted by Crippen LogP contribution is -2.11. The highest BCUT2D eigenvalue weighted by atomic mass is 19.4. The summed E-state index contributed by atoms with van der Waals surface area (Å²) in [7, 11) is 0. The summed E-state index contributed by atoms with van der Waals surface area (Å²) >= 11 is 0. The van der Waals surface area contributed by atoms with Crippen molar-refractivity contribution in [3.8, 4) is 0 Å². The number of hydrogen-bond acceptors (Lipinski definition) is 5. The number of nitrogens with one attached hydrogen (secondary N) is 1.